The maximum atomic E-state index is 12.3. The molecule has 0 aliphatic heterocycles. The van der Waals surface area contributed by atoms with Gasteiger partial charge in [0.05, 0.1) is 18.9 Å². The van der Waals surface area contributed by atoms with Crippen molar-refractivity contribution in [1.82, 2.24) is 14.9 Å². The Morgan fingerprint density at radius 3 is 2.76 bits per heavy atom. The molecule has 1 saturated carbocycles. The predicted molar refractivity (Wildman–Crippen MR) is 73.1 cm³/mol. The molecule has 1 fully saturated rings. The van der Waals surface area contributed by atoms with Crippen LogP contribution in [-0.2, 0) is 14.8 Å². The van der Waals surface area contributed by atoms with Gasteiger partial charge in [0.2, 0.25) is 0 Å². The molecule has 1 aliphatic rings. The summed E-state index contributed by atoms with van der Waals surface area (Å²) in [6.45, 7) is 1.79. The summed E-state index contributed by atoms with van der Waals surface area (Å²) < 4.78 is 32.0. The van der Waals surface area contributed by atoms with Crippen molar-refractivity contribution in [2.24, 2.45) is 0 Å². The van der Waals surface area contributed by atoms with Gasteiger partial charge in [0.1, 0.15) is 5.56 Å². The molecule has 0 radical (unpaired) electrons. The molecule has 8 nitrogen and oxygen atoms in total. The Labute approximate surface area is 122 Å². The number of sulfonamides is 1. The topological polar surface area (TPSA) is 121 Å². The summed E-state index contributed by atoms with van der Waals surface area (Å²) >= 11 is 0. The molecule has 0 spiro atoms. The van der Waals surface area contributed by atoms with Crippen LogP contribution in [0, 0.1) is 0 Å². The molecule has 0 atom stereocenters. The van der Waals surface area contributed by atoms with Crippen LogP contribution in [0.4, 0.5) is 0 Å². The number of aliphatic hydroxyl groups is 1. The van der Waals surface area contributed by atoms with Gasteiger partial charge in [-0.2, -0.15) is 5.10 Å². The summed E-state index contributed by atoms with van der Waals surface area (Å²) in [6.07, 6.45) is 3.00. The van der Waals surface area contributed by atoms with E-state index < -0.39 is 16.0 Å². The van der Waals surface area contributed by atoms with Crippen LogP contribution in [0.1, 0.15) is 43.0 Å². The number of rotatable bonds is 5. The van der Waals surface area contributed by atoms with Crippen LogP contribution in [-0.4, -0.2) is 48.4 Å². The Balaban J connectivity index is 2.13. The average molecular weight is 317 g/mol. The third-order valence-electron chi connectivity index (χ3n) is 3.39. The van der Waals surface area contributed by atoms with E-state index >= 15 is 0 Å². The third kappa shape index (κ3) is 3.80. The zero-order valence-corrected chi connectivity index (χ0v) is 12.5. The Hall–Kier alpha value is -1.45. The summed E-state index contributed by atoms with van der Waals surface area (Å²) in [5.41, 5.74) is -0.111. The summed E-state index contributed by atoms with van der Waals surface area (Å²) in [5.74, 6) is -0.731. The number of H-pyrrole nitrogens is 1. The Morgan fingerprint density at radius 2 is 2.14 bits per heavy atom. The van der Waals surface area contributed by atoms with Crippen LogP contribution in [0.5, 0.6) is 0 Å². The normalized spacial score (nSPS) is 23.0. The number of ether oxygens (including phenoxy) is 1. The molecule has 0 aromatic carbocycles. The number of aromatic nitrogens is 2. The van der Waals surface area contributed by atoms with Gasteiger partial charge in [-0.1, -0.05) is 0 Å². The first-order valence-corrected chi connectivity index (χ1v) is 8.33. The van der Waals surface area contributed by atoms with E-state index in [1.165, 1.54) is 0 Å². The van der Waals surface area contributed by atoms with Gasteiger partial charge in [-0.25, -0.2) is 17.9 Å². The first-order chi connectivity index (χ1) is 9.94. The molecule has 21 heavy (non-hydrogen) atoms. The lowest BCUT2D eigenvalue weighted by molar-refractivity contribution is 0.0522. The van der Waals surface area contributed by atoms with E-state index in [1.54, 1.807) is 6.92 Å². The maximum absolute atomic E-state index is 12.3. The highest BCUT2D eigenvalue weighted by molar-refractivity contribution is 7.89. The minimum atomic E-state index is -3.88. The molecule has 0 amide bonds. The number of nitrogens with one attached hydrogen (secondary N) is 2. The van der Waals surface area contributed by atoms with Crippen LogP contribution >= 0.6 is 0 Å². The Morgan fingerprint density at radius 1 is 1.48 bits per heavy atom. The summed E-state index contributed by atoms with van der Waals surface area (Å²) in [7, 11) is -3.88. The van der Waals surface area contributed by atoms with E-state index in [0.29, 0.717) is 25.7 Å². The molecule has 0 unspecified atom stereocenters. The Kier molecular flexibility index (Phi) is 4.96. The van der Waals surface area contributed by atoms with Gasteiger partial charge >= 0.3 is 5.97 Å². The molecule has 0 bridgehead atoms. The van der Waals surface area contributed by atoms with Crippen LogP contribution in [0.15, 0.2) is 11.2 Å². The number of hydrogen-bond acceptors (Lipinski definition) is 6. The quantitative estimate of drug-likeness (QED) is 0.666. The highest BCUT2D eigenvalue weighted by Gasteiger charge is 2.29. The SMILES string of the molecule is CCOC(=O)c1cn[nH]c1S(=O)(=O)NC1CCC(O)CC1. The highest BCUT2D eigenvalue weighted by Crippen LogP contribution is 2.21. The first-order valence-electron chi connectivity index (χ1n) is 6.85. The van der Waals surface area contributed by atoms with Gasteiger partial charge in [-0.15, -0.1) is 0 Å². The summed E-state index contributed by atoms with van der Waals surface area (Å²) in [5, 5.41) is 15.1. The lowest BCUT2D eigenvalue weighted by atomic mass is 9.94. The molecule has 0 saturated heterocycles. The fourth-order valence-electron chi connectivity index (χ4n) is 2.31. The van der Waals surface area contributed by atoms with Gasteiger partial charge < -0.3 is 9.84 Å². The molecule has 1 aromatic heterocycles. The van der Waals surface area contributed by atoms with Crippen LogP contribution < -0.4 is 4.72 Å². The molecular weight excluding hydrogens is 298 g/mol. The number of aromatic amines is 1. The van der Waals surface area contributed by atoms with E-state index in [2.05, 4.69) is 14.9 Å². The van der Waals surface area contributed by atoms with Crippen LogP contribution in [0.2, 0.25) is 0 Å². The number of esters is 1. The summed E-state index contributed by atoms with van der Waals surface area (Å²) in [4.78, 5) is 11.7. The second kappa shape index (κ2) is 6.54. The van der Waals surface area contributed by atoms with E-state index in [9.17, 15) is 18.3 Å². The molecule has 3 N–H and O–H groups in total. The van der Waals surface area contributed by atoms with E-state index in [-0.39, 0.29) is 29.3 Å². The number of hydrogen-bond donors (Lipinski definition) is 3. The van der Waals surface area contributed by atoms with Gasteiger partial charge in [0.25, 0.3) is 10.0 Å². The van der Waals surface area contributed by atoms with Crippen molar-refractivity contribution < 1.29 is 23.1 Å². The number of carbonyl (C=O) groups is 1. The minimum Gasteiger partial charge on any atom is -0.462 e. The minimum absolute atomic E-state index is 0.111. The lowest BCUT2D eigenvalue weighted by Crippen LogP contribution is -2.39. The fourth-order valence-corrected chi connectivity index (χ4v) is 3.70. The van der Waals surface area contributed by atoms with E-state index in [4.69, 9.17) is 4.74 Å². The first kappa shape index (κ1) is 15.9. The molecule has 1 heterocycles. The second-order valence-corrected chi connectivity index (χ2v) is 6.61. The van der Waals surface area contributed by atoms with Crippen LogP contribution in [0.3, 0.4) is 0 Å². The monoisotopic (exact) mass is 317 g/mol. The largest absolute Gasteiger partial charge is 0.462 e. The van der Waals surface area contributed by atoms with E-state index in [0.717, 1.165) is 6.20 Å². The zero-order chi connectivity index (χ0) is 15.5. The average Bonchev–Trinajstić information content (AvgIpc) is 2.92. The van der Waals surface area contributed by atoms with Crippen molar-refractivity contribution in [3.05, 3.63) is 11.8 Å². The van der Waals surface area contributed by atoms with Gasteiger partial charge in [-0.05, 0) is 32.6 Å². The van der Waals surface area contributed by atoms with Crippen molar-refractivity contribution in [2.45, 2.75) is 49.8 Å². The molecule has 1 aliphatic carbocycles. The molecule has 1 aromatic rings. The second-order valence-electron chi connectivity index (χ2n) is 4.96. The molecule has 2 rings (SSSR count). The Bertz CT molecular complexity index is 590. The van der Waals surface area contributed by atoms with Gasteiger partial charge in [0, 0.05) is 6.04 Å². The number of aliphatic hydroxyl groups excluding tert-OH is 1. The third-order valence-corrected chi connectivity index (χ3v) is 4.88. The molecule has 118 valence electrons. The zero-order valence-electron chi connectivity index (χ0n) is 11.7. The predicted octanol–water partition coefficient (Wildman–Crippen LogP) is 0.168. The van der Waals surface area contributed by atoms with Crippen molar-refractivity contribution in [3.8, 4) is 0 Å². The smallest absolute Gasteiger partial charge is 0.342 e. The summed E-state index contributed by atoms with van der Waals surface area (Å²) in [6, 6.07) is -0.253. The van der Waals surface area contributed by atoms with Crippen LogP contribution in [0.25, 0.3) is 0 Å². The number of carbonyl (C=O) groups excluding carboxylic acids is 1. The maximum Gasteiger partial charge on any atom is 0.342 e. The van der Waals surface area contributed by atoms with Crippen molar-refractivity contribution in [3.63, 3.8) is 0 Å². The fraction of sp³-hybridized carbons (Fsp3) is 0.667. The van der Waals surface area contributed by atoms with E-state index in [1.807, 2.05) is 0 Å². The number of nitrogens with zero attached hydrogens (tertiary/aromatic N) is 1. The molecular formula is C12H19N3O5S. The molecule has 9 heteroatoms. The highest BCUT2D eigenvalue weighted by atomic mass is 32.2. The van der Waals surface area contributed by atoms with Crippen molar-refractivity contribution >= 4 is 16.0 Å². The van der Waals surface area contributed by atoms with Crippen molar-refractivity contribution in [1.29, 1.82) is 0 Å². The van der Waals surface area contributed by atoms with Gasteiger partial charge in [-0.3, -0.25) is 5.10 Å². The standard InChI is InChI=1S/C12H19N3O5S/c1-2-20-12(17)10-7-13-14-11(10)21(18,19)15-8-3-5-9(16)6-4-8/h7-9,15-16H,2-6H2,1H3,(H,13,14). The lowest BCUT2D eigenvalue weighted by Gasteiger charge is -2.25. The van der Waals surface area contributed by atoms with Crippen molar-refractivity contribution in [2.75, 3.05) is 6.61 Å². The van der Waals surface area contributed by atoms with Gasteiger partial charge in [0.15, 0.2) is 5.03 Å².